The van der Waals surface area contributed by atoms with E-state index in [0.717, 1.165) is 21.5 Å². The van der Waals surface area contributed by atoms with E-state index in [-0.39, 0.29) is 6.04 Å². The molecule has 3 heteroatoms. The van der Waals surface area contributed by atoms with Gasteiger partial charge in [-0.25, -0.2) is 0 Å². The second kappa shape index (κ2) is 5.88. The van der Waals surface area contributed by atoms with Crippen molar-refractivity contribution in [3.63, 3.8) is 0 Å². The maximum absolute atomic E-state index is 6.33. The molecule has 0 spiro atoms. The number of nitrogens with two attached hydrogens (primary N) is 1. The van der Waals surface area contributed by atoms with E-state index in [4.69, 9.17) is 17.3 Å². The molecule has 0 radical (unpaired) electrons. The largest absolute Gasteiger partial charge is 0.324 e. The molecule has 1 aliphatic rings. The summed E-state index contributed by atoms with van der Waals surface area (Å²) in [5.74, 6) is 0. The third kappa shape index (κ3) is 3.08. The Labute approximate surface area is 133 Å². The molecule has 0 heterocycles. The van der Waals surface area contributed by atoms with Crippen molar-refractivity contribution in [2.24, 2.45) is 5.73 Å². The highest BCUT2D eigenvalue weighted by atomic mass is 79.9. The molecule has 0 amide bonds. The molecule has 20 heavy (non-hydrogen) atoms. The van der Waals surface area contributed by atoms with Crippen LogP contribution in [0.25, 0.3) is 0 Å². The van der Waals surface area contributed by atoms with E-state index in [1.807, 2.05) is 18.2 Å². The van der Waals surface area contributed by atoms with Crippen LogP contribution in [0.5, 0.6) is 0 Å². The zero-order valence-electron chi connectivity index (χ0n) is 11.2. The van der Waals surface area contributed by atoms with Crippen LogP contribution in [0.1, 0.15) is 34.7 Å². The lowest BCUT2D eigenvalue weighted by atomic mass is 9.97. The predicted molar refractivity (Wildman–Crippen MR) is 88.3 cm³/mol. The highest BCUT2D eigenvalue weighted by Crippen LogP contribution is 2.27. The molecule has 2 N–H and O–H groups in total. The van der Waals surface area contributed by atoms with Gasteiger partial charge >= 0.3 is 0 Å². The van der Waals surface area contributed by atoms with Gasteiger partial charge in [0.25, 0.3) is 0 Å². The third-order valence-electron chi connectivity index (χ3n) is 3.93. The van der Waals surface area contributed by atoms with E-state index in [0.29, 0.717) is 0 Å². The van der Waals surface area contributed by atoms with E-state index in [9.17, 15) is 0 Å². The second-order valence-corrected chi connectivity index (χ2v) is 6.82. The Morgan fingerprint density at radius 1 is 1.10 bits per heavy atom. The fraction of sp³-hybridized carbons (Fsp3) is 0.294. The summed E-state index contributed by atoms with van der Waals surface area (Å²) in [7, 11) is 0. The van der Waals surface area contributed by atoms with E-state index < -0.39 is 0 Å². The summed E-state index contributed by atoms with van der Waals surface area (Å²) in [4.78, 5) is 0. The van der Waals surface area contributed by atoms with Gasteiger partial charge in [0.15, 0.2) is 0 Å². The summed E-state index contributed by atoms with van der Waals surface area (Å²) in [6.45, 7) is 0. The van der Waals surface area contributed by atoms with E-state index in [2.05, 4.69) is 34.1 Å². The van der Waals surface area contributed by atoms with Crippen LogP contribution in [-0.2, 0) is 19.3 Å². The van der Waals surface area contributed by atoms with Gasteiger partial charge < -0.3 is 5.73 Å². The van der Waals surface area contributed by atoms with Gasteiger partial charge in [-0.15, -0.1) is 0 Å². The predicted octanol–water partition coefficient (Wildman–Crippen LogP) is 4.83. The van der Waals surface area contributed by atoms with Gasteiger partial charge in [0.1, 0.15) is 0 Å². The fourth-order valence-electron chi connectivity index (χ4n) is 2.91. The highest BCUT2D eigenvalue weighted by molar-refractivity contribution is 9.10. The van der Waals surface area contributed by atoms with Crippen LogP contribution in [0, 0.1) is 0 Å². The Morgan fingerprint density at radius 3 is 2.70 bits per heavy atom. The van der Waals surface area contributed by atoms with Crippen molar-refractivity contribution in [3.8, 4) is 0 Å². The van der Waals surface area contributed by atoms with Gasteiger partial charge in [0.2, 0.25) is 0 Å². The molecule has 0 fully saturated rings. The normalized spacial score (nSPS) is 15.2. The topological polar surface area (TPSA) is 26.0 Å². The first-order chi connectivity index (χ1) is 9.61. The molecule has 2 aromatic carbocycles. The second-order valence-electron chi connectivity index (χ2n) is 5.47. The number of benzene rings is 2. The summed E-state index contributed by atoms with van der Waals surface area (Å²) >= 11 is 9.56. The molecular weight excluding hydrogens is 334 g/mol. The standard InChI is InChI=1S/C17H17BrClN/c18-15-8-14(9-16(19)10-15)17(20)7-11-4-5-12-2-1-3-13(12)6-11/h4-6,8-10,17H,1-3,7,20H2. The summed E-state index contributed by atoms with van der Waals surface area (Å²) in [6.07, 6.45) is 4.57. The van der Waals surface area contributed by atoms with Crippen molar-refractivity contribution in [1.82, 2.24) is 0 Å². The quantitative estimate of drug-likeness (QED) is 0.842. The number of hydrogen-bond donors (Lipinski definition) is 1. The van der Waals surface area contributed by atoms with Crippen molar-refractivity contribution < 1.29 is 0 Å². The Hall–Kier alpha value is -0.830. The van der Waals surface area contributed by atoms with Gasteiger partial charge in [-0.2, -0.15) is 0 Å². The Bertz CT molecular complexity index is 619. The molecule has 1 nitrogen and oxygen atoms in total. The average Bonchev–Trinajstić information content (AvgIpc) is 2.85. The van der Waals surface area contributed by atoms with Crippen molar-refractivity contribution in [2.75, 3.05) is 0 Å². The van der Waals surface area contributed by atoms with Crippen molar-refractivity contribution >= 4 is 27.5 Å². The molecule has 0 saturated heterocycles. The summed E-state index contributed by atoms with van der Waals surface area (Å²) in [6, 6.07) is 12.6. The van der Waals surface area contributed by atoms with Crippen molar-refractivity contribution in [3.05, 3.63) is 68.1 Å². The minimum atomic E-state index is -0.0237. The average molecular weight is 351 g/mol. The highest BCUT2D eigenvalue weighted by Gasteiger charge is 2.13. The maximum Gasteiger partial charge on any atom is 0.0420 e. The van der Waals surface area contributed by atoms with Crippen LogP contribution in [0.2, 0.25) is 5.02 Å². The molecule has 0 saturated carbocycles. The Balaban J connectivity index is 1.80. The number of hydrogen-bond acceptors (Lipinski definition) is 1. The molecule has 0 aromatic heterocycles. The van der Waals surface area contributed by atoms with Gasteiger partial charge in [0, 0.05) is 15.5 Å². The van der Waals surface area contributed by atoms with E-state index in [1.54, 1.807) is 0 Å². The van der Waals surface area contributed by atoms with E-state index >= 15 is 0 Å². The van der Waals surface area contributed by atoms with Gasteiger partial charge in [-0.05, 0) is 66.1 Å². The molecule has 1 unspecified atom stereocenters. The number of aryl methyl sites for hydroxylation is 2. The molecule has 0 bridgehead atoms. The van der Waals surface area contributed by atoms with Gasteiger partial charge in [-0.1, -0.05) is 45.7 Å². The van der Waals surface area contributed by atoms with Crippen LogP contribution in [0.15, 0.2) is 40.9 Å². The zero-order chi connectivity index (χ0) is 14.1. The zero-order valence-corrected chi connectivity index (χ0v) is 13.5. The lowest BCUT2D eigenvalue weighted by Crippen LogP contribution is -2.13. The molecule has 0 aliphatic heterocycles. The van der Waals surface area contributed by atoms with Gasteiger partial charge in [0.05, 0.1) is 0 Å². The third-order valence-corrected chi connectivity index (χ3v) is 4.61. The lowest BCUT2D eigenvalue weighted by molar-refractivity contribution is 0.721. The first-order valence-corrected chi connectivity index (χ1v) is 8.11. The molecule has 1 atom stereocenters. The van der Waals surface area contributed by atoms with Crippen LogP contribution < -0.4 is 5.73 Å². The SMILES string of the molecule is NC(Cc1ccc2c(c1)CCC2)c1cc(Cl)cc(Br)c1. The summed E-state index contributed by atoms with van der Waals surface area (Å²) < 4.78 is 0.976. The van der Waals surface area contributed by atoms with Crippen LogP contribution in [0.3, 0.4) is 0 Å². The van der Waals surface area contributed by atoms with Crippen molar-refractivity contribution in [1.29, 1.82) is 0 Å². The molecule has 104 valence electrons. The molecule has 3 rings (SSSR count). The molecule has 1 aliphatic carbocycles. The first-order valence-electron chi connectivity index (χ1n) is 6.94. The molecular formula is C17H17BrClN. The number of rotatable bonds is 3. The van der Waals surface area contributed by atoms with E-state index in [1.165, 1.54) is 36.0 Å². The van der Waals surface area contributed by atoms with Crippen molar-refractivity contribution in [2.45, 2.75) is 31.7 Å². The lowest BCUT2D eigenvalue weighted by Gasteiger charge is -2.14. The summed E-state index contributed by atoms with van der Waals surface area (Å²) in [5, 5.41) is 0.721. The number of halogens is 2. The Morgan fingerprint density at radius 2 is 1.90 bits per heavy atom. The smallest absolute Gasteiger partial charge is 0.0420 e. The maximum atomic E-state index is 6.33. The van der Waals surface area contributed by atoms with Gasteiger partial charge in [-0.3, -0.25) is 0 Å². The van der Waals surface area contributed by atoms with Crippen LogP contribution in [0.4, 0.5) is 0 Å². The minimum absolute atomic E-state index is 0.0237. The number of fused-ring (bicyclic) bond motifs is 1. The first kappa shape index (κ1) is 14.1. The summed E-state index contributed by atoms with van der Waals surface area (Å²) in [5.41, 5.74) is 11.7. The monoisotopic (exact) mass is 349 g/mol. The Kier molecular flexibility index (Phi) is 4.16. The van der Waals surface area contributed by atoms with Crippen LogP contribution >= 0.6 is 27.5 Å². The fourth-order valence-corrected chi connectivity index (χ4v) is 3.80. The molecule has 2 aromatic rings. The van der Waals surface area contributed by atoms with Crippen LogP contribution in [-0.4, -0.2) is 0 Å². The minimum Gasteiger partial charge on any atom is -0.324 e.